The Balaban J connectivity index is 1.33. The molecule has 6 rings (SSSR count). The van der Waals surface area contributed by atoms with Crippen LogP contribution in [-0.4, -0.2) is 8.75 Å². The minimum Gasteiger partial charge on any atom is -0.396 e. The SMILES string of the molecule is CC(C)CCc1ccc(-c2ccc(-c3c(N)c(N)c(-c4ccc(-c5ccc(CCC(C)C)cc5F)s4)c4nsnc34)s2)c(F)c1. The monoisotopic (exact) mass is 658 g/mol. The number of nitrogens with two attached hydrogens (primary N) is 2. The first-order chi connectivity index (χ1) is 21.6. The summed E-state index contributed by atoms with van der Waals surface area (Å²) in [7, 11) is 0. The molecule has 4 N–H and O–H groups in total. The van der Waals surface area contributed by atoms with E-state index < -0.39 is 0 Å². The van der Waals surface area contributed by atoms with Gasteiger partial charge in [-0.15, -0.1) is 22.7 Å². The lowest BCUT2D eigenvalue weighted by Gasteiger charge is -2.12. The highest BCUT2D eigenvalue weighted by atomic mass is 32.1. The molecule has 0 saturated heterocycles. The van der Waals surface area contributed by atoms with Crippen molar-refractivity contribution in [2.45, 2.75) is 53.4 Å². The van der Waals surface area contributed by atoms with Gasteiger partial charge in [-0.25, -0.2) is 8.78 Å². The van der Waals surface area contributed by atoms with Crippen LogP contribution in [0.4, 0.5) is 20.2 Å². The van der Waals surface area contributed by atoms with Gasteiger partial charge < -0.3 is 11.5 Å². The molecule has 0 atom stereocenters. The van der Waals surface area contributed by atoms with Crippen molar-refractivity contribution in [2.75, 3.05) is 11.5 Å². The van der Waals surface area contributed by atoms with Crippen LogP contribution >= 0.6 is 34.4 Å². The second-order valence-electron chi connectivity index (χ2n) is 12.4. The molecule has 9 heteroatoms. The third-order valence-corrected chi connectivity index (χ3v) is 10.9. The zero-order chi connectivity index (χ0) is 31.8. The van der Waals surface area contributed by atoms with E-state index in [1.54, 1.807) is 12.1 Å². The van der Waals surface area contributed by atoms with Crippen LogP contribution in [-0.2, 0) is 12.8 Å². The number of benzene rings is 3. The topological polar surface area (TPSA) is 77.8 Å². The van der Waals surface area contributed by atoms with Gasteiger partial charge in [0.05, 0.1) is 23.1 Å². The van der Waals surface area contributed by atoms with E-state index >= 15 is 8.78 Å². The molecule has 3 aromatic carbocycles. The molecule has 0 saturated carbocycles. The molecule has 0 aliphatic carbocycles. The van der Waals surface area contributed by atoms with E-state index in [2.05, 4.69) is 36.4 Å². The number of aromatic nitrogens is 2. The Hall–Kier alpha value is -3.66. The van der Waals surface area contributed by atoms with Crippen molar-refractivity contribution in [2.24, 2.45) is 11.8 Å². The number of halogens is 2. The summed E-state index contributed by atoms with van der Waals surface area (Å²) in [6.07, 6.45) is 3.75. The molecule has 0 aliphatic heterocycles. The molecule has 0 fully saturated rings. The Morgan fingerprint density at radius 2 is 1.00 bits per heavy atom. The molecule has 0 aliphatic rings. The Bertz CT molecular complexity index is 1850. The number of hydrogen-bond acceptors (Lipinski definition) is 7. The maximum Gasteiger partial charge on any atom is 0.132 e. The van der Waals surface area contributed by atoms with Gasteiger partial charge in [-0.3, -0.25) is 0 Å². The highest BCUT2D eigenvalue weighted by Gasteiger charge is 2.24. The summed E-state index contributed by atoms with van der Waals surface area (Å²) >= 11 is 4.00. The summed E-state index contributed by atoms with van der Waals surface area (Å²) in [6.45, 7) is 8.69. The molecule has 0 radical (unpaired) electrons. The highest BCUT2D eigenvalue weighted by Crippen LogP contribution is 2.49. The molecule has 3 heterocycles. The Morgan fingerprint density at radius 1 is 0.600 bits per heavy atom. The van der Waals surface area contributed by atoms with E-state index in [9.17, 15) is 0 Å². The summed E-state index contributed by atoms with van der Waals surface area (Å²) in [5.41, 5.74) is 20.1. The van der Waals surface area contributed by atoms with Crippen LogP contribution in [0.5, 0.6) is 0 Å². The minimum absolute atomic E-state index is 0.233. The number of nitrogen functional groups attached to an aromatic ring is 2. The largest absolute Gasteiger partial charge is 0.396 e. The summed E-state index contributed by atoms with van der Waals surface area (Å²) in [5.74, 6) is 0.664. The number of nitrogens with zero attached hydrogens (tertiary/aromatic N) is 2. The van der Waals surface area contributed by atoms with E-state index in [1.807, 2.05) is 48.5 Å². The van der Waals surface area contributed by atoms with Crippen molar-refractivity contribution in [3.05, 3.63) is 83.4 Å². The van der Waals surface area contributed by atoms with Crippen LogP contribution in [0, 0.1) is 23.5 Å². The number of thiophene rings is 2. The van der Waals surface area contributed by atoms with Gasteiger partial charge >= 0.3 is 0 Å². The predicted molar refractivity (Wildman–Crippen MR) is 190 cm³/mol. The van der Waals surface area contributed by atoms with Crippen molar-refractivity contribution < 1.29 is 8.78 Å². The van der Waals surface area contributed by atoms with Crippen molar-refractivity contribution in [3.8, 4) is 41.8 Å². The Morgan fingerprint density at radius 3 is 1.38 bits per heavy atom. The molecular weight excluding hydrogens is 623 g/mol. The van der Waals surface area contributed by atoms with E-state index in [0.29, 0.717) is 56.5 Å². The van der Waals surface area contributed by atoms with Gasteiger partial charge in [0.15, 0.2) is 0 Å². The van der Waals surface area contributed by atoms with Crippen molar-refractivity contribution >= 4 is 56.8 Å². The average molecular weight is 659 g/mol. The number of anilines is 2. The second-order valence-corrected chi connectivity index (χ2v) is 15.1. The lowest BCUT2D eigenvalue weighted by atomic mass is 10.0. The minimum atomic E-state index is -0.233. The maximum absolute atomic E-state index is 15.2. The van der Waals surface area contributed by atoms with E-state index in [-0.39, 0.29) is 11.6 Å². The fraction of sp³-hybridized carbons (Fsp3) is 0.278. The zero-order valence-corrected chi connectivity index (χ0v) is 28.2. The normalized spacial score (nSPS) is 11.8. The van der Waals surface area contributed by atoms with Gasteiger partial charge in [0.25, 0.3) is 0 Å². The van der Waals surface area contributed by atoms with Crippen LogP contribution in [0.1, 0.15) is 51.7 Å². The average Bonchev–Trinajstić information content (AvgIpc) is 3.78. The Kier molecular flexibility index (Phi) is 9.04. The fourth-order valence-electron chi connectivity index (χ4n) is 5.51. The molecule has 3 aromatic heterocycles. The standard InChI is InChI=1S/C36H36F2N4S3/c1-19(2)5-7-21-9-11-23(25(37)17-21)27-13-15-29(43-27)31-33(39)34(40)32(36-35(31)41-45-42-36)30-16-14-28(44-30)24-12-10-22(18-26(24)38)8-6-20(3)4/h9-20H,5-8,39-40H2,1-4H3. The van der Waals surface area contributed by atoms with Crippen LogP contribution in [0.2, 0.25) is 0 Å². The molecular formula is C36H36F2N4S3. The van der Waals surface area contributed by atoms with Gasteiger partial charge in [0.2, 0.25) is 0 Å². The van der Waals surface area contributed by atoms with Gasteiger partial charge in [0, 0.05) is 41.8 Å². The predicted octanol–water partition coefficient (Wildman–Crippen LogP) is 11.1. The van der Waals surface area contributed by atoms with E-state index in [4.69, 9.17) is 11.5 Å². The first-order valence-electron chi connectivity index (χ1n) is 15.2. The smallest absolute Gasteiger partial charge is 0.132 e. The highest BCUT2D eigenvalue weighted by molar-refractivity contribution is 7.19. The van der Waals surface area contributed by atoms with Crippen LogP contribution in [0.25, 0.3) is 52.8 Å². The van der Waals surface area contributed by atoms with Gasteiger partial charge in [-0.2, -0.15) is 8.75 Å². The summed E-state index contributed by atoms with van der Waals surface area (Å²) in [6, 6.07) is 18.7. The van der Waals surface area contributed by atoms with Gasteiger partial charge in [0.1, 0.15) is 22.7 Å². The number of rotatable bonds is 10. The first kappa shape index (κ1) is 31.3. The molecule has 0 bridgehead atoms. The quantitative estimate of drug-likeness (QED) is 0.144. The fourth-order valence-corrected chi connectivity index (χ4v) is 8.26. The molecule has 4 nitrogen and oxygen atoms in total. The van der Waals surface area contributed by atoms with Crippen molar-refractivity contribution in [1.29, 1.82) is 0 Å². The second kappa shape index (κ2) is 13.0. The van der Waals surface area contributed by atoms with Crippen molar-refractivity contribution in [1.82, 2.24) is 8.75 Å². The van der Waals surface area contributed by atoms with E-state index in [1.165, 1.54) is 22.7 Å². The molecule has 6 aromatic rings. The van der Waals surface area contributed by atoms with Crippen LogP contribution < -0.4 is 11.5 Å². The number of hydrogen-bond donors (Lipinski definition) is 2. The third-order valence-electron chi connectivity index (χ3n) is 8.11. The maximum atomic E-state index is 15.2. The number of aryl methyl sites for hydroxylation is 2. The zero-order valence-electron chi connectivity index (χ0n) is 25.8. The molecule has 45 heavy (non-hydrogen) atoms. The van der Waals surface area contributed by atoms with Crippen LogP contribution in [0.3, 0.4) is 0 Å². The number of fused-ring (bicyclic) bond motifs is 1. The lowest BCUT2D eigenvalue weighted by Crippen LogP contribution is -2.00. The third kappa shape index (κ3) is 6.39. The Labute approximate surface area is 275 Å². The van der Waals surface area contributed by atoms with E-state index in [0.717, 1.165) is 68.0 Å². The van der Waals surface area contributed by atoms with Crippen LogP contribution in [0.15, 0.2) is 60.7 Å². The first-order valence-corrected chi connectivity index (χ1v) is 17.6. The summed E-state index contributed by atoms with van der Waals surface area (Å²) in [5, 5.41) is 0. The lowest BCUT2D eigenvalue weighted by molar-refractivity contribution is 0.582. The van der Waals surface area contributed by atoms with Crippen molar-refractivity contribution in [3.63, 3.8) is 0 Å². The van der Waals surface area contributed by atoms with Gasteiger partial charge in [-0.1, -0.05) is 52.0 Å². The summed E-state index contributed by atoms with van der Waals surface area (Å²) in [4.78, 5) is 3.29. The molecule has 0 amide bonds. The summed E-state index contributed by atoms with van der Waals surface area (Å²) < 4.78 is 39.7. The van der Waals surface area contributed by atoms with Gasteiger partial charge in [-0.05, 0) is 85.0 Å². The molecule has 0 spiro atoms. The molecule has 0 unspecified atom stereocenters. The molecule has 232 valence electrons.